The molecule has 34 heavy (non-hydrogen) atoms. The Hall–Kier alpha value is -2.73. The molecule has 2 aromatic carbocycles. The normalized spacial score (nSPS) is 17.8. The highest BCUT2D eigenvalue weighted by Gasteiger charge is 2.26. The Morgan fingerprint density at radius 2 is 1.62 bits per heavy atom. The molecule has 2 aromatic rings. The van der Waals surface area contributed by atoms with Crippen molar-refractivity contribution in [3.63, 3.8) is 0 Å². The Balaban J connectivity index is 1.38. The number of piperidine rings is 1. The van der Waals surface area contributed by atoms with E-state index in [-0.39, 0.29) is 6.03 Å². The highest BCUT2D eigenvalue weighted by molar-refractivity contribution is 5.89. The third-order valence-corrected chi connectivity index (χ3v) is 7.50. The van der Waals surface area contributed by atoms with E-state index in [4.69, 9.17) is 4.74 Å². The van der Waals surface area contributed by atoms with Crippen molar-refractivity contribution in [2.75, 3.05) is 56.6 Å². The Morgan fingerprint density at radius 3 is 2.21 bits per heavy atom. The summed E-state index contributed by atoms with van der Waals surface area (Å²) < 4.78 is 5.68. The van der Waals surface area contributed by atoms with E-state index in [1.54, 1.807) is 7.11 Å². The summed E-state index contributed by atoms with van der Waals surface area (Å²) >= 11 is 0. The number of ether oxygens (including phenoxy) is 1. The second-order valence-corrected chi connectivity index (χ2v) is 10.0. The first-order chi connectivity index (χ1) is 16.4. The molecule has 2 aliphatic rings. The first kappa shape index (κ1) is 24.4. The minimum absolute atomic E-state index is 0.0214. The molecular weight excluding hydrogens is 424 g/mol. The van der Waals surface area contributed by atoms with Crippen LogP contribution in [0.4, 0.5) is 16.2 Å². The number of methoxy groups -OCH3 is 1. The number of nitrogens with one attached hydrogen (secondary N) is 1. The first-order valence-corrected chi connectivity index (χ1v) is 12.7. The minimum atomic E-state index is -0.0214. The zero-order valence-corrected chi connectivity index (χ0v) is 21.4. The smallest absolute Gasteiger partial charge is 0.321 e. The largest absolute Gasteiger partial charge is 0.496 e. The number of anilines is 2. The van der Waals surface area contributed by atoms with Crippen LogP contribution < -0.4 is 15.0 Å². The fraction of sp³-hybridized carbons (Fsp3) is 0.536. The molecular formula is C28H40N4O2. The molecule has 0 spiro atoms. The predicted octanol–water partition coefficient (Wildman–Crippen LogP) is 5.25. The molecule has 2 amide bonds. The molecule has 1 N–H and O–H groups in total. The molecule has 0 aromatic heterocycles. The quantitative estimate of drug-likeness (QED) is 0.656. The average Bonchev–Trinajstić information content (AvgIpc) is 2.84. The van der Waals surface area contributed by atoms with Crippen LogP contribution in [0.15, 0.2) is 36.4 Å². The van der Waals surface area contributed by atoms with Gasteiger partial charge in [0.1, 0.15) is 5.75 Å². The molecule has 0 unspecified atom stereocenters. The number of benzene rings is 2. The van der Waals surface area contributed by atoms with Crippen LogP contribution in [0.25, 0.3) is 0 Å². The van der Waals surface area contributed by atoms with Gasteiger partial charge in [-0.05, 0) is 94.4 Å². The third-order valence-electron chi connectivity index (χ3n) is 7.50. The van der Waals surface area contributed by atoms with Gasteiger partial charge in [0.15, 0.2) is 0 Å². The minimum Gasteiger partial charge on any atom is -0.496 e. The lowest BCUT2D eigenvalue weighted by Gasteiger charge is -2.37. The topological polar surface area (TPSA) is 48.1 Å². The summed E-state index contributed by atoms with van der Waals surface area (Å²) in [5.41, 5.74) is 5.96. The van der Waals surface area contributed by atoms with Gasteiger partial charge >= 0.3 is 6.03 Å². The van der Waals surface area contributed by atoms with Crippen molar-refractivity contribution in [3.05, 3.63) is 53.1 Å². The van der Waals surface area contributed by atoms with Crippen molar-refractivity contribution < 1.29 is 9.53 Å². The standard InChI is InChI=1S/C28H40N4O2/c1-20(2)30-13-11-23(12-14-30)25-19-24(9-10-26(25)34-5)29-28(33)32-17-15-31(16-18-32)27-21(3)7-6-8-22(27)4/h6-10,19-20,23H,11-18H2,1-5H3,(H,29,33). The predicted molar refractivity (Wildman–Crippen MR) is 140 cm³/mol. The number of nitrogens with zero attached hydrogens (tertiary/aromatic N) is 3. The van der Waals surface area contributed by atoms with Gasteiger partial charge in [-0.2, -0.15) is 0 Å². The number of carbonyl (C=O) groups excluding carboxylic acids is 1. The lowest BCUT2D eigenvalue weighted by Crippen LogP contribution is -2.50. The Labute approximate surface area is 204 Å². The summed E-state index contributed by atoms with van der Waals surface area (Å²) in [6, 6.07) is 13.1. The van der Waals surface area contributed by atoms with Gasteiger partial charge in [-0.3, -0.25) is 0 Å². The Morgan fingerprint density at radius 1 is 0.971 bits per heavy atom. The van der Waals surface area contributed by atoms with Crippen LogP contribution in [0, 0.1) is 13.8 Å². The van der Waals surface area contributed by atoms with Crippen molar-refractivity contribution in [3.8, 4) is 5.75 Å². The maximum absolute atomic E-state index is 13.1. The summed E-state index contributed by atoms with van der Waals surface area (Å²) in [4.78, 5) is 19.9. The highest BCUT2D eigenvalue weighted by atomic mass is 16.5. The number of aryl methyl sites for hydroxylation is 2. The van der Waals surface area contributed by atoms with Gasteiger partial charge in [0.25, 0.3) is 0 Å². The number of amides is 2. The van der Waals surface area contributed by atoms with Crippen LogP contribution in [0.1, 0.15) is 49.3 Å². The fourth-order valence-electron chi connectivity index (χ4n) is 5.50. The molecule has 4 rings (SSSR count). The number of urea groups is 1. The molecule has 0 bridgehead atoms. The van der Waals surface area contributed by atoms with Crippen molar-refractivity contribution in [1.29, 1.82) is 0 Å². The molecule has 2 saturated heterocycles. The van der Waals surface area contributed by atoms with Crippen LogP contribution >= 0.6 is 0 Å². The van der Waals surface area contributed by atoms with E-state index in [1.165, 1.54) is 22.4 Å². The Kier molecular flexibility index (Phi) is 7.67. The lowest BCUT2D eigenvalue weighted by molar-refractivity contribution is 0.171. The van der Waals surface area contributed by atoms with Crippen molar-refractivity contribution in [2.45, 2.75) is 52.5 Å². The van der Waals surface area contributed by atoms with Gasteiger partial charge in [0, 0.05) is 43.6 Å². The SMILES string of the molecule is COc1ccc(NC(=O)N2CCN(c3c(C)cccc3C)CC2)cc1C1CCN(C(C)C)CC1. The van der Waals surface area contributed by atoms with Gasteiger partial charge in [-0.15, -0.1) is 0 Å². The molecule has 0 saturated carbocycles. The average molecular weight is 465 g/mol. The summed E-state index contributed by atoms with van der Waals surface area (Å²) in [5.74, 6) is 1.38. The van der Waals surface area contributed by atoms with Gasteiger partial charge in [-0.25, -0.2) is 4.79 Å². The molecule has 184 valence electrons. The molecule has 0 aliphatic carbocycles. The van der Waals surface area contributed by atoms with Crippen LogP contribution in [-0.2, 0) is 0 Å². The first-order valence-electron chi connectivity index (χ1n) is 12.7. The van der Waals surface area contributed by atoms with E-state index in [1.807, 2.05) is 17.0 Å². The number of piperazine rings is 1. The second kappa shape index (κ2) is 10.7. The van der Waals surface area contributed by atoms with Crippen LogP contribution in [0.2, 0.25) is 0 Å². The summed E-state index contributed by atoms with van der Waals surface area (Å²) in [6.45, 7) is 14.2. The molecule has 6 nitrogen and oxygen atoms in total. The number of carbonyl (C=O) groups is 1. The van der Waals surface area contributed by atoms with Gasteiger partial charge in [-0.1, -0.05) is 18.2 Å². The zero-order chi connectivity index (χ0) is 24.2. The molecule has 6 heteroatoms. The molecule has 2 fully saturated rings. The number of para-hydroxylation sites is 1. The van der Waals surface area contributed by atoms with E-state index in [0.717, 1.165) is 63.5 Å². The summed E-state index contributed by atoms with van der Waals surface area (Å²) in [5, 5.41) is 3.15. The number of hydrogen-bond donors (Lipinski definition) is 1. The monoisotopic (exact) mass is 464 g/mol. The van der Waals surface area contributed by atoms with Crippen LogP contribution in [0.3, 0.4) is 0 Å². The van der Waals surface area contributed by atoms with Gasteiger partial charge in [0.2, 0.25) is 0 Å². The molecule has 2 aliphatic heterocycles. The lowest BCUT2D eigenvalue weighted by atomic mass is 9.88. The van der Waals surface area contributed by atoms with Crippen LogP contribution in [-0.4, -0.2) is 68.3 Å². The summed E-state index contributed by atoms with van der Waals surface area (Å²) in [6.07, 6.45) is 2.23. The van der Waals surface area contributed by atoms with E-state index >= 15 is 0 Å². The van der Waals surface area contributed by atoms with Crippen molar-refractivity contribution in [1.82, 2.24) is 9.80 Å². The fourth-order valence-corrected chi connectivity index (χ4v) is 5.50. The van der Waals surface area contributed by atoms with Crippen molar-refractivity contribution >= 4 is 17.4 Å². The maximum Gasteiger partial charge on any atom is 0.321 e. The molecule has 0 radical (unpaired) electrons. The highest BCUT2D eigenvalue weighted by Crippen LogP contribution is 2.36. The zero-order valence-electron chi connectivity index (χ0n) is 21.4. The Bertz CT molecular complexity index is 970. The second-order valence-electron chi connectivity index (χ2n) is 10.0. The third kappa shape index (κ3) is 5.33. The van der Waals surface area contributed by atoms with Gasteiger partial charge < -0.3 is 24.8 Å². The maximum atomic E-state index is 13.1. The summed E-state index contributed by atoms with van der Waals surface area (Å²) in [7, 11) is 1.73. The molecule has 0 atom stereocenters. The van der Waals surface area contributed by atoms with E-state index in [0.29, 0.717) is 12.0 Å². The van der Waals surface area contributed by atoms with E-state index < -0.39 is 0 Å². The van der Waals surface area contributed by atoms with Crippen LogP contribution in [0.5, 0.6) is 5.75 Å². The molecule has 2 heterocycles. The van der Waals surface area contributed by atoms with Crippen molar-refractivity contribution in [2.24, 2.45) is 0 Å². The van der Waals surface area contributed by atoms with E-state index in [9.17, 15) is 4.79 Å². The van der Waals surface area contributed by atoms with E-state index in [2.05, 4.69) is 67.1 Å². The number of rotatable bonds is 5. The van der Waals surface area contributed by atoms with Gasteiger partial charge in [0.05, 0.1) is 7.11 Å². The number of hydrogen-bond acceptors (Lipinski definition) is 4. The number of likely N-dealkylation sites (tertiary alicyclic amines) is 1.